The third-order valence-electron chi connectivity index (χ3n) is 5.18. The van der Waals surface area contributed by atoms with Crippen LogP contribution in [0.3, 0.4) is 0 Å². The molecular weight excluding hydrogens is 326 g/mol. The van der Waals surface area contributed by atoms with Crippen LogP contribution >= 0.6 is 0 Å². The fourth-order valence-corrected chi connectivity index (χ4v) is 4.01. The number of ketones is 1. The van der Waals surface area contributed by atoms with E-state index in [-0.39, 0.29) is 16.8 Å². The van der Waals surface area contributed by atoms with Gasteiger partial charge in [0.25, 0.3) is 0 Å². The van der Waals surface area contributed by atoms with E-state index >= 15 is 0 Å². The molecule has 4 nitrogen and oxygen atoms in total. The number of benzene rings is 2. The van der Waals surface area contributed by atoms with Crippen LogP contribution in [0, 0.1) is 5.41 Å². The van der Waals surface area contributed by atoms with E-state index in [2.05, 4.69) is 24.5 Å². The Morgan fingerprint density at radius 1 is 1.08 bits per heavy atom. The Morgan fingerprint density at radius 3 is 2.46 bits per heavy atom. The number of para-hydroxylation sites is 1. The lowest BCUT2D eigenvalue weighted by molar-refractivity contribution is 0.0696. The van der Waals surface area contributed by atoms with Crippen LogP contribution in [0.1, 0.15) is 52.2 Å². The van der Waals surface area contributed by atoms with Gasteiger partial charge in [-0.3, -0.25) is 4.79 Å². The molecule has 0 aliphatic heterocycles. The number of fused-ring (bicyclic) bond motifs is 3. The van der Waals surface area contributed by atoms with Crippen molar-refractivity contribution in [2.45, 2.75) is 33.2 Å². The Bertz CT molecular complexity index is 1030. The van der Waals surface area contributed by atoms with Gasteiger partial charge in [0.15, 0.2) is 5.78 Å². The number of hydrogen-bond acceptors (Lipinski definition) is 2. The van der Waals surface area contributed by atoms with Gasteiger partial charge in [-0.05, 0) is 35.6 Å². The zero-order valence-corrected chi connectivity index (χ0v) is 15.0. The molecule has 26 heavy (non-hydrogen) atoms. The molecule has 132 valence electrons. The number of aromatic nitrogens is 1. The molecule has 0 bridgehead atoms. The minimum absolute atomic E-state index is 0.0522. The molecule has 0 spiro atoms. The van der Waals surface area contributed by atoms with E-state index in [1.54, 1.807) is 12.1 Å². The van der Waals surface area contributed by atoms with E-state index in [1.807, 2.05) is 30.3 Å². The third-order valence-corrected chi connectivity index (χ3v) is 5.18. The Kier molecular flexibility index (Phi) is 3.72. The molecule has 4 heteroatoms. The molecule has 0 fully saturated rings. The van der Waals surface area contributed by atoms with Crippen molar-refractivity contribution in [3.8, 4) is 0 Å². The van der Waals surface area contributed by atoms with Gasteiger partial charge in [0.05, 0.1) is 5.56 Å². The Balaban J connectivity index is 1.85. The summed E-state index contributed by atoms with van der Waals surface area (Å²) in [5.74, 6) is -0.708. The summed E-state index contributed by atoms with van der Waals surface area (Å²) < 4.78 is 2.22. The molecule has 0 saturated carbocycles. The highest BCUT2D eigenvalue weighted by Gasteiger charge is 2.35. The maximum Gasteiger partial charge on any atom is 0.335 e. The fraction of sp³-hybridized carbons (Fsp3) is 0.273. The summed E-state index contributed by atoms with van der Waals surface area (Å²) >= 11 is 0. The Morgan fingerprint density at radius 2 is 1.77 bits per heavy atom. The van der Waals surface area contributed by atoms with Gasteiger partial charge in [0, 0.05) is 35.1 Å². The highest BCUT2D eigenvalue weighted by molar-refractivity contribution is 6.10. The highest BCUT2D eigenvalue weighted by atomic mass is 16.4. The molecule has 2 aromatic carbocycles. The molecule has 0 atom stereocenters. The lowest BCUT2D eigenvalue weighted by Gasteiger charge is -2.30. The number of rotatable bonds is 3. The summed E-state index contributed by atoms with van der Waals surface area (Å²) in [5.41, 5.74) is 4.27. The number of nitrogens with zero attached hydrogens (tertiary/aromatic N) is 1. The maximum atomic E-state index is 12.8. The zero-order chi connectivity index (χ0) is 18.5. The van der Waals surface area contributed by atoms with Crippen LogP contribution in [-0.2, 0) is 13.0 Å². The summed E-state index contributed by atoms with van der Waals surface area (Å²) in [4.78, 5) is 23.9. The van der Waals surface area contributed by atoms with E-state index in [0.29, 0.717) is 13.0 Å². The summed E-state index contributed by atoms with van der Waals surface area (Å²) in [7, 11) is 0. The molecule has 4 rings (SSSR count). The van der Waals surface area contributed by atoms with Gasteiger partial charge in [-0.2, -0.15) is 0 Å². The number of carbonyl (C=O) groups excluding carboxylic acids is 1. The summed E-state index contributed by atoms with van der Waals surface area (Å²) in [6.45, 7) is 4.90. The summed E-state index contributed by atoms with van der Waals surface area (Å²) in [5, 5.41) is 10.1. The van der Waals surface area contributed by atoms with Crippen molar-refractivity contribution in [3.63, 3.8) is 0 Å². The normalized spacial score (nSPS) is 15.8. The SMILES string of the molecule is CC1(C)CC(=O)c2c(n(Cc3ccc(C(=O)O)cc3)c3ccccc23)C1. The van der Waals surface area contributed by atoms with E-state index in [0.717, 1.165) is 34.1 Å². The van der Waals surface area contributed by atoms with Gasteiger partial charge >= 0.3 is 5.97 Å². The average Bonchev–Trinajstić information content (AvgIpc) is 2.88. The van der Waals surface area contributed by atoms with Crippen LogP contribution < -0.4 is 0 Å². The van der Waals surface area contributed by atoms with Gasteiger partial charge in [-0.1, -0.05) is 44.2 Å². The van der Waals surface area contributed by atoms with Gasteiger partial charge in [-0.25, -0.2) is 4.79 Å². The van der Waals surface area contributed by atoms with Crippen LogP contribution in [-0.4, -0.2) is 21.4 Å². The molecular formula is C22H21NO3. The monoisotopic (exact) mass is 347 g/mol. The Hall–Kier alpha value is -2.88. The predicted octanol–water partition coefficient (Wildman–Crippen LogP) is 4.54. The van der Waals surface area contributed by atoms with Gasteiger partial charge in [0.2, 0.25) is 0 Å². The number of carboxylic acid groups (broad SMARTS) is 1. The second-order valence-corrected chi connectivity index (χ2v) is 7.87. The van der Waals surface area contributed by atoms with Crippen LogP contribution in [0.25, 0.3) is 10.9 Å². The summed E-state index contributed by atoms with van der Waals surface area (Å²) in [6, 6.07) is 15.0. The largest absolute Gasteiger partial charge is 0.478 e. The minimum atomic E-state index is -0.923. The van der Waals surface area contributed by atoms with Crippen molar-refractivity contribution in [2.24, 2.45) is 5.41 Å². The molecule has 0 radical (unpaired) electrons. The lowest BCUT2D eigenvalue weighted by Crippen LogP contribution is -2.28. The van der Waals surface area contributed by atoms with E-state index in [9.17, 15) is 9.59 Å². The molecule has 1 aliphatic rings. The Labute approximate surface area is 152 Å². The quantitative estimate of drug-likeness (QED) is 0.756. The van der Waals surface area contributed by atoms with Crippen LogP contribution in [0.4, 0.5) is 0 Å². The second kappa shape index (κ2) is 5.84. The number of carboxylic acids is 1. The minimum Gasteiger partial charge on any atom is -0.478 e. The lowest BCUT2D eigenvalue weighted by atomic mass is 9.75. The number of aromatic carboxylic acids is 1. The zero-order valence-electron chi connectivity index (χ0n) is 15.0. The van der Waals surface area contributed by atoms with E-state index < -0.39 is 5.97 Å². The standard InChI is InChI=1S/C22H21NO3/c1-22(2)11-18-20(19(24)12-22)16-5-3-4-6-17(16)23(18)13-14-7-9-15(10-8-14)21(25)26/h3-10H,11-13H2,1-2H3,(H,25,26). The first-order chi connectivity index (χ1) is 12.4. The first-order valence-corrected chi connectivity index (χ1v) is 8.81. The summed E-state index contributed by atoms with van der Waals surface area (Å²) in [6.07, 6.45) is 1.43. The predicted molar refractivity (Wildman–Crippen MR) is 101 cm³/mol. The van der Waals surface area contributed by atoms with Gasteiger partial charge < -0.3 is 9.67 Å². The van der Waals surface area contributed by atoms with Crippen LogP contribution in [0.15, 0.2) is 48.5 Å². The maximum absolute atomic E-state index is 12.8. The topological polar surface area (TPSA) is 59.3 Å². The first-order valence-electron chi connectivity index (χ1n) is 8.81. The van der Waals surface area contributed by atoms with E-state index in [1.165, 1.54) is 0 Å². The second-order valence-electron chi connectivity index (χ2n) is 7.87. The van der Waals surface area contributed by atoms with Crippen molar-refractivity contribution in [1.29, 1.82) is 0 Å². The molecule has 0 amide bonds. The molecule has 3 aromatic rings. The molecule has 0 saturated heterocycles. The van der Waals surface area contributed by atoms with Crippen molar-refractivity contribution < 1.29 is 14.7 Å². The molecule has 1 aromatic heterocycles. The number of carbonyl (C=O) groups is 2. The van der Waals surface area contributed by atoms with Crippen molar-refractivity contribution in [2.75, 3.05) is 0 Å². The first kappa shape index (κ1) is 16.6. The molecule has 1 N–H and O–H groups in total. The molecule has 0 unspecified atom stereocenters. The molecule has 1 aliphatic carbocycles. The number of hydrogen-bond donors (Lipinski definition) is 1. The van der Waals surface area contributed by atoms with Gasteiger partial charge in [-0.15, -0.1) is 0 Å². The average molecular weight is 347 g/mol. The molecule has 1 heterocycles. The smallest absolute Gasteiger partial charge is 0.335 e. The van der Waals surface area contributed by atoms with E-state index in [4.69, 9.17) is 5.11 Å². The van der Waals surface area contributed by atoms with Crippen molar-refractivity contribution in [1.82, 2.24) is 4.57 Å². The van der Waals surface area contributed by atoms with Crippen LogP contribution in [0.2, 0.25) is 0 Å². The highest BCUT2D eigenvalue weighted by Crippen LogP contribution is 2.40. The van der Waals surface area contributed by atoms with Crippen molar-refractivity contribution in [3.05, 3.63) is 70.9 Å². The van der Waals surface area contributed by atoms with Crippen molar-refractivity contribution >= 4 is 22.7 Å². The third kappa shape index (κ3) is 2.71. The fourth-order valence-electron chi connectivity index (χ4n) is 4.01. The number of Topliss-reactive ketones (excluding diaryl/α,β-unsaturated/α-hetero) is 1. The van der Waals surface area contributed by atoms with Crippen LogP contribution in [0.5, 0.6) is 0 Å². The van der Waals surface area contributed by atoms with Gasteiger partial charge in [0.1, 0.15) is 0 Å².